The van der Waals surface area contributed by atoms with E-state index in [2.05, 4.69) is 14.9 Å². The summed E-state index contributed by atoms with van der Waals surface area (Å²) in [6, 6.07) is 15.2. The van der Waals surface area contributed by atoms with Gasteiger partial charge in [-0.15, -0.1) is 0 Å². The van der Waals surface area contributed by atoms with Gasteiger partial charge in [0.1, 0.15) is 5.69 Å². The Morgan fingerprint density at radius 2 is 1.69 bits per heavy atom. The van der Waals surface area contributed by atoms with Gasteiger partial charge in [-0.05, 0) is 48.5 Å². The van der Waals surface area contributed by atoms with E-state index in [9.17, 15) is 4.79 Å². The first-order valence-corrected chi connectivity index (χ1v) is 10.2. The summed E-state index contributed by atoms with van der Waals surface area (Å²) in [5.41, 5.74) is 3.52. The number of halogens is 2. The van der Waals surface area contributed by atoms with Gasteiger partial charge in [-0.25, -0.2) is 0 Å². The lowest BCUT2D eigenvalue weighted by Gasteiger charge is -2.36. The molecule has 1 saturated heterocycles. The largest absolute Gasteiger partial charge is 0.367 e. The molecule has 0 unspecified atom stereocenters. The first-order chi connectivity index (χ1) is 14.1. The summed E-state index contributed by atoms with van der Waals surface area (Å²) in [5, 5.41) is 3.36. The Kier molecular flexibility index (Phi) is 4.57. The maximum Gasteiger partial charge on any atom is 0.270 e. The molecule has 146 valence electrons. The zero-order chi connectivity index (χ0) is 20.0. The molecule has 0 bridgehead atoms. The number of carbonyl (C=O) groups excluding carboxylic acids is 1. The van der Waals surface area contributed by atoms with E-state index in [1.54, 1.807) is 6.20 Å². The molecule has 5 rings (SSSR count). The molecule has 0 saturated carbocycles. The van der Waals surface area contributed by atoms with Crippen molar-refractivity contribution in [3.05, 3.63) is 70.5 Å². The van der Waals surface area contributed by atoms with Gasteiger partial charge in [0.2, 0.25) is 0 Å². The standard InChI is InChI=1S/C22H18Cl2N4O/c23-15-2-4-18-14(11-15)12-20(26-18)22(29)28-9-7-27(8-10-28)21-5-6-25-19-13-16(24)1-3-17(19)21/h1-6,11-13,26H,7-10H2. The third-order valence-electron chi connectivity index (χ3n) is 5.40. The summed E-state index contributed by atoms with van der Waals surface area (Å²) in [6.07, 6.45) is 1.81. The average Bonchev–Trinajstić information content (AvgIpc) is 3.16. The van der Waals surface area contributed by atoms with Crippen LogP contribution in [-0.4, -0.2) is 47.0 Å². The van der Waals surface area contributed by atoms with E-state index in [1.807, 2.05) is 53.4 Å². The van der Waals surface area contributed by atoms with Gasteiger partial charge in [-0.2, -0.15) is 0 Å². The second-order valence-electron chi connectivity index (χ2n) is 7.19. The molecule has 2 aromatic heterocycles. The van der Waals surface area contributed by atoms with Crippen LogP contribution in [0.2, 0.25) is 10.0 Å². The smallest absolute Gasteiger partial charge is 0.270 e. The number of nitrogens with zero attached hydrogens (tertiary/aromatic N) is 3. The highest BCUT2D eigenvalue weighted by Gasteiger charge is 2.24. The van der Waals surface area contributed by atoms with Crippen molar-refractivity contribution in [3.8, 4) is 0 Å². The number of rotatable bonds is 2. The summed E-state index contributed by atoms with van der Waals surface area (Å²) in [7, 11) is 0. The highest BCUT2D eigenvalue weighted by molar-refractivity contribution is 6.31. The van der Waals surface area contributed by atoms with Crippen LogP contribution in [0.1, 0.15) is 10.5 Å². The summed E-state index contributed by atoms with van der Waals surface area (Å²) >= 11 is 12.2. The highest BCUT2D eigenvalue weighted by atomic mass is 35.5. The maximum atomic E-state index is 13.0. The van der Waals surface area contributed by atoms with Crippen LogP contribution in [0.3, 0.4) is 0 Å². The number of aromatic nitrogens is 2. The lowest BCUT2D eigenvalue weighted by molar-refractivity contribution is 0.0742. The van der Waals surface area contributed by atoms with Crippen molar-refractivity contribution in [3.63, 3.8) is 0 Å². The highest BCUT2D eigenvalue weighted by Crippen LogP contribution is 2.28. The average molecular weight is 425 g/mol. The molecule has 1 aliphatic rings. The minimum absolute atomic E-state index is 0.0170. The van der Waals surface area contributed by atoms with Crippen molar-refractivity contribution in [2.24, 2.45) is 0 Å². The zero-order valence-corrected chi connectivity index (χ0v) is 17.0. The first-order valence-electron chi connectivity index (χ1n) is 9.45. The van der Waals surface area contributed by atoms with E-state index < -0.39 is 0 Å². The fourth-order valence-electron chi connectivity index (χ4n) is 3.92. The number of aromatic amines is 1. The number of hydrogen-bond donors (Lipinski definition) is 1. The molecule has 5 nitrogen and oxygen atoms in total. The molecular formula is C22H18Cl2N4O. The summed E-state index contributed by atoms with van der Waals surface area (Å²) in [5.74, 6) is 0.0170. The fraction of sp³-hybridized carbons (Fsp3) is 0.182. The normalized spacial score (nSPS) is 14.7. The lowest BCUT2D eigenvalue weighted by Crippen LogP contribution is -2.49. The molecule has 0 atom stereocenters. The number of hydrogen-bond acceptors (Lipinski definition) is 3. The van der Waals surface area contributed by atoms with Gasteiger partial charge in [0.15, 0.2) is 0 Å². The van der Waals surface area contributed by atoms with Gasteiger partial charge in [0, 0.05) is 64.4 Å². The number of fused-ring (bicyclic) bond motifs is 2. The molecule has 0 aliphatic carbocycles. The predicted octanol–water partition coefficient (Wildman–Crippen LogP) is 4.99. The number of pyridine rings is 1. The Morgan fingerprint density at radius 3 is 2.52 bits per heavy atom. The van der Waals surface area contributed by atoms with Crippen molar-refractivity contribution >= 4 is 56.6 Å². The Morgan fingerprint density at radius 1 is 0.931 bits per heavy atom. The second-order valence-corrected chi connectivity index (χ2v) is 8.06. The van der Waals surface area contributed by atoms with Crippen molar-refractivity contribution < 1.29 is 4.79 Å². The first kappa shape index (κ1) is 18.3. The molecule has 29 heavy (non-hydrogen) atoms. The number of anilines is 1. The molecule has 3 heterocycles. The summed E-state index contributed by atoms with van der Waals surface area (Å²) in [6.45, 7) is 2.85. The maximum absolute atomic E-state index is 13.0. The Balaban J connectivity index is 1.34. The quantitative estimate of drug-likeness (QED) is 0.493. The van der Waals surface area contributed by atoms with Crippen LogP contribution in [0.4, 0.5) is 5.69 Å². The Bertz CT molecular complexity index is 1230. The van der Waals surface area contributed by atoms with Crippen molar-refractivity contribution in [2.45, 2.75) is 0 Å². The second kappa shape index (κ2) is 7.25. The topological polar surface area (TPSA) is 52.2 Å². The zero-order valence-electron chi connectivity index (χ0n) is 15.5. The van der Waals surface area contributed by atoms with E-state index in [-0.39, 0.29) is 5.91 Å². The van der Waals surface area contributed by atoms with Gasteiger partial charge in [-0.1, -0.05) is 23.2 Å². The minimum atomic E-state index is 0.0170. The van der Waals surface area contributed by atoms with Crippen molar-refractivity contribution in [1.82, 2.24) is 14.9 Å². The molecule has 1 N–H and O–H groups in total. The van der Waals surface area contributed by atoms with Crippen LogP contribution in [0.5, 0.6) is 0 Å². The molecule has 1 amide bonds. The van der Waals surface area contributed by atoms with Gasteiger partial charge in [0.25, 0.3) is 5.91 Å². The third-order valence-corrected chi connectivity index (χ3v) is 5.87. The third kappa shape index (κ3) is 3.41. The van der Waals surface area contributed by atoms with Crippen LogP contribution in [0, 0.1) is 0 Å². The molecular weight excluding hydrogens is 407 g/mol. The SMILES string of the molecule is O=C(c1cc2cc(Cl)ccc2[nH]1)N1CCN(c2ccnc3cc(Cl)ccc23)CC1. The number of benzene rings is 2. The number of amides is 1. The van der Waals surface area contributed by atoms with E-state index >= 15 is 0 Å². The van der Waals surface area contributed by atoms with Crippen LogP contribution in [-0.2, 0) is 0 Å². The summed E-state index contributed by atoms with van der Waals surface area (Å²) < 4.78 is 0. The van der Waals surface area contributed by atoms with Crippen LogP contribution < -0.4 is 4.90 Å². The fourth-order valence-corrected chi connectivity index (χ4v) is 4.27. The van der Waals surface area contributed by atoms with Gasteiger partial charge >= 0.3 is 0 Å². The molecule has 2 aromatic carbocycles. The van der Waals surface area contributed by atoms with Gasteiger partial charge in [0.05, 0.1) is 5.52 Å². The predicted molar refractivity (Wildman–Crippen MR) is 118 cm³/mol. The van der Waals surface area contributed by atoms with Crippen molar-refractivity contribution in [2.75, 3.05) is 31.1 Å². The Labute approximate surface area is 177 Å². The molecule has 7 heteroatoms. The summed E-state index contributed by atoms with van der Waals surface area (Å²) in [4.78, 5) is 24.8. The van der Waals surface area contributed by atoms with E-state index in [4.69, 9.17) is 23.2 Å². The van der Waals surface area contributed by atoms with E-state index in [0.29, 0.717) is 28.8 Å². The van der Waals surface area contributed by atoms with Gasteiger partial charge in [-0.3, -0.25) is 9.78 Å². The monoisotopic (exact) mass is 424 g/mol. The molecule has 1 aliphatic heterocycles. The van der Waals surface area contributed by atoms with Crippen LogP contribution in [0.25, 0.3) is 21.8 Å². The number of piperazine rings is 1. The molecule has 0 radical (unpaired) electrons. The van der Waals surface area contributed by atoms with E-state index in [1.165, 1.54) is 0 Å². The number of H-pyrrole nitrogens is 1. The molecule has 1 fully saturated rings. The van der Waals surface area contributed by atoms with E-state index in [0.717, 1.165) is 40.6 Å². The van der Waals surface area contributed by atoms with Crippen LogP contribution >= 0.6 is 23.2 Å². The Hall–Kier alpha value is -2.76. The number of nitrogens with one attached hydrogen (secondary N) is 1. The lowest BCUT2D eigenvalue weighted by atomic mass is 10.1. The van der Waals surface area contributed by atoms with Gasteiger partial charge < -0.3 is 14.8 Å². The van der Waals surface area contributed by atoms with Crippen molar-refractivity contribution in [1.29, 1.82) is 0 Å². The molecule has 4 aromatic rings. The van der Waals surface area contributed by atoms with Crippen LogP contribution in [0.15, 0.2) is 54.7 Å². The number of carbonyl (C=O) groups is 1. The molecule has 0 spiro atoms. The minimum Gasteiger partial charge on any atom is -0.367 e.